The highest BCUT2D eigenvalue weighted by molar-refractivity contribution is 4.84. The van der Waals surface area contributed by atoms with E-state index in [2.05, 4.69) is 34.6 Å². The Hall–Kier alpha value is -1.01. The number of aromatic nitrogens is 4. The zero-order valence-electron chi connectivity index (χ0n) is 11.0. The van der Waals surface area contributed by atoms with Gasteiger partial charge in [0, 0.05) is 25.7 Å². The zero-order chi connectivity index (χ0) is 12.5. The molecule has 1 unspecified atom stereocenters. The van der Waals surface area contributed by atoms with E-state index in [0.29, 0.717) is 6.04 Å². The van der Waals surface area contributed by atoms with Gasteiger partial charge < -0.3 is 10.1 Å². The van der Waals surface area contributed by atoms with E-state index < -0.39 is 0 Å². The monoisotopic (exact) mass is 241 g/mol. The van der Waals surface area contributed by atoms with Crippen molar-refractivity contribution in [3.8, 4) is 0 Å². The molecule has 0 aliphatic carbocycles. The maximum Gasteiger partial charge on any atom is 0.176 e. The average molecular weight is 241 g/mol. The number of rotatable bonds is 9. The zero-order valence-corrected chi connectivity index (χ0v) is 11.0. The summed E-state index contributed by atoms with van der Waals surface area (Å²) in [5, 5.41) is 15.5. The van der Waals surface area contributed by atoms with Gasteiger partial charge in [-0.05, 0) is 24.6 Å². The molecule has 0 radical (unpaired) electrons. The maximum atomic E-state index is 5.50. The minimum atomic E-state index is 0.362. The van der Waals surface area contributed by atoms with E-state index in [0.717, 1.165) is 44.8 Å². The molecule has 0 bridgehead atoms. The van der Waals surface area contributed by atoms with Crippen LogP contribution in [-0.4, -0.2) is 46.0 Å². The SMILES string of the molecule is CCCOCCC(Cc1nnn(C)n1)NCC. The van der Waals surface area contributed by atoms with Gasteiger partial charge in [0.15, 0.2) is 5.82 Å². The lowest BCUT2D eigenvalue weighted by molar-refractivity contribution is 0.124. The molecule has 1 heterocycles. The molecule has 1 aromatic rings. The van der Waals surface area contributed by atoms with Gasteiger partial charge in [0.1, 0.15) is 0 Å². The summed E-state index contributed by atoms with van der Waals surface area (Å²) in [5.74, 6) is 0.786. The average Bonchev–Trinajstić information content (AvgIpc) is 2.70. The van der Waals surface area contributed by atoms with Crippen LogP contribution < -0.4 is 5.32 Å². The normalized spacial score (nSPS) is 12.9. The molecule has 0 aliphatic heterocycles. The smallest absolute Gasteiger partial charge is 0.176 e. The van der Waals surface area contributed by atoms with E-state index >= 15 is 0 Å². The van der Waals surface area contributed by atoms with Crippen LogP contribution in [0.4, 0.5) is 0 Å². The predicted molar refractivity (Wildman–Crippen MR) is 65.7 cm³/mol. The van der Waals surface area contributed by atoms with Crippen LogP contribution in [0.1, 0.15) is 32.5 Å². The second-order valence-electron chi connectivity index (χ2n) is 4.05. The van der Waals surface area contributed by atoms with E-state index in [4.69, 9.17) is 4.74 Å². The molecule has 1 atom stereocenters. The molecule has 1 aromatic heterocycles. The molecule has 0 amide bonds. The Morgan fingerprint density at radius 2 is 2.18 bits per heavy atom. The first kappa shape index (κ1) is 14.1. The lowest BCUT2D eigenvalue weighted by Crippen LogP contribution is -2.32. The first-order chi connectivity index (χ1) is 8.26. The summed E-state index contributed by atoms with van der Waals surface area (Å²) >= 11 is 0. The third kappa shape index (κ3) is 5.74. The van der Waals surface area contributed by atoms with E-state index in [1.807, 2.05) is 0 Å². The number of tetrazole rings is 1. The Labute approximate surface area is 103 Å². The summed E-state index contributed by atoms with van der Waals surface area (Å²) in [6, 6.07) is 0.362. The molecule has 0 fully saturated rings. The highest BCUT2D eigenvalue weighted by Crippen LogP contribution is 2.00. The fraction of sp³-hybridized carbons (Fsp3) is 0.909. The molecule has 0 saturated heterocycles. The van der Waals surface area contributed by atoms with Gasteiger partial charge in [0.2, 0.25) is 0 Å². The standard InChI is InChI=1S/C11H23N5O/c1-4-7-17-8-6-10(12-5-2)9-11-13-15-16(3)14-11/h10,12H,4-9H2,1-3H3. The van der Waals surface area contributed by atoms with Crippen molar-refractivity contribution in [1.82, 2.24) is 25.5 Å². The topological polar surface area (TPSA) is 64.9 Å². The van der Waals surface area contributed by atoms with Gasteiger partial charge in [0.25, 0.3) is 0 Å². The van der Waals surface area contributed by atoms with Gasteiger partial charge in [-0.2, -0.15) is 4.80 Å². The van der Waals surface area contributed by atoms with Crippen molar-refractivity contribution in [3.63, 3.8) is 0 Å². The van der Waals surface area contributed by atoms with Crippen molar-refractivity contribution in [2.75, 3.05) is 19.8 Å². The van der Waals surface area contributed by atoms with E-state index in [-0.39, 0.29) is 0 Å². The van der Waals surface area contributed by atoms with Crippen LogP contribution >= 0.6 is 0 Å². The number of likely N-dealkylation sites (N-methyl/N-ethyl adjacent to an activating group) is 1. The van der Waals surface area contributed by atoms with Crippen molar-refractivity contribution in [2.24, 2.45) is 7.05 Å². The quantitative estimate of drug-likeness (QED) is 0.640. The molecular weight excluding hydrogens is 218 g/mol. The summed E-state index contributed by atoms with van der Waals surface area (Å²) in [5.41, 5.74) is 0. The van der Waals surface area contributed by atoms with E-state index in [1.165, 1.54) is 4.80 Å². The highest BCUT2D eigenvalue weighted by atomic mass is 16.5. The van der Waals surface area contributed by atoms with Crippen molar-refractivity contribution < 1.29 is 4.74 Å². The second kappa shape index (κ2) is 8.14. The Balaban J connectivity index is 2.32. The third-order valence-electron chi connectivity index (χ3n) is 2.43. The number of hydrogen-bond donors (Lipinski definition) is 1. The van der Waals surface area contributed by atoms with Crippen molar-refractivity contribution in [2.45, 2.75) is 39.2 Å². The summed E-state index contributed by atoms with van der Waals surface area (Å²) < 4.78 is 5.50. The number of nitrogens with zero attached hydrogens (tertiary/aromatic N) is 4. The van der Waals surface area contributed by atoms with Crippen molar-refractivity contribution in [1.29, 1.82) is 0 Å². The molecule has 6 nitrogen and oxygen atoms in total. The van der Waals surface area contributed by atoms with E-state index in [9.17, 15) is 0 Å². The number of nitrogens with one attached hydrogen (secondary N) is 1. The lowest BCUT2D eigenvalue weighted by Gasteiger charge is -2.15. The summed E-state index contributed by atoms with van der Waals surface area (Å²) in [7, 11) is 1.78. The Bertz CT molecular complexity index is 302. The Morgan fingerprint density at radius 3 is 2.76 bits per heavy atom. The summed E-state index contributed by atoms with van der Waals surface area (Å²) in [6.07, 6.45) is 2.85. The van der Waals surface area contributed by atoms with Crippen molar-refractivity contribution >= 4 is 0 Å². The summed E-state index contributed by atoms with van der Waals surface area (Å²) in [4.78, 5) is 1.49. The van der Waals surface area contributed by atoms with Crippen LogP contribution in [0.25, 0.3) is 0 Å². The first-order valence-electron chi connectivity index (χ1n) is 6.30. The number of hydrogen-bond acceptors (Lipinski definition) is 5. The van der Waals surface area contributed by atoms with Crippen LogP contribution in [0, 0.1) is 0 Å². The van der Waals surface area contributed by atoms with E-state index in [1.54, 1.807) is 7.05 Å². The number of aryl methyl sites for hydroxylation is 1. The Morgan fingerprint density at radius 1 is 1.35 bits per heavy atom. The van der Waals surface area contributed by atoms with Crippen molar-refractivity contribution in [3.05, 3.63) is 5.82 Å². The second-order valence-corrected chi connectivity index (χ2v) is 4.05. The molecule has 17 heavy (non-hydrogen) atoms. The fourth-order valence-corrected chi connectivity index (χ4v) is 1.66. The predicted octanol–water partition coefficient (Wildman–Crippen LogP) is 0.547. The molecule has 98 valence electrons. The molecule has 0 aromatic carbocycles. The van der Waals surface area contributed by atoms with Gasteiger partial charge >= 0.3 is 0 Å². The molecule has 1 N–H and O–H groups in total. The van der Waals surface area contributed by atoms with Gasteiger partial charge in [-0.25, -0.2) is 0 Å². The first-order valence-corrected chi connectivity index (χ1v) is 6.30. The number of ether oxygens (including phenoxy) is 1. The highest BCUT2D eigenvalue weighted by Gasteiger charge is 2.11. The van der Waals surface area contributed by atoms with Gasteiger partial charge in [-0.15, -0.1) is 10.2 Å². The summed E-state index contributed by atoms with van der Waals surface area (Å²) in [6.45, 7) is 6.78. The molecule has 0 saturated carbocycles. The minimum Gasteiger partial charge on any atom is -0.381 e. The molecule has 1 rings (SSSR count). The van der Waals surface area contributed by atoms with Gasteiger partial charge in [-0.3, -0.25) is 0 Å². The fourth-order valence-electron chi connectivity index (χ4n) is 1.66. The lowest BCUT2D eigenvalue weighted by atomic mass is 10.1. The van der Waals surface area contributed by atoms with Crippen LogP contribution in [0.2, 0.25) is 0 Å². The van der Waals surface area contributed by atoms with Gasteiger partial charge in [-0.1, -0.05) is 13.8 Å². The third-order valence-corrected chi connectivity index (χ3v) is 2.43. The van der Waals surface area contributed by atoms with Crippen LogP contribution in [0.3, 0.4) is 0 Å². The Kier molecular flexibility index (Phi) is 6.73. The maximum absolute atomic E-state index is 5.50. The molecular formula is C11H23N5O. The molecule has 0 spiro atoms. The van der Waals surface area contributed by atoms with Crippen LogP contribution in [0.5, 0.6) is 0 Å². The van der Waals surface area contributed by atoms with Gasteiger partial charge in [0.05, 0.1) is 7.05 Å². The molecule has 0 aliphatic rings. The largest absolute Gasteiger partial charge is 0.381 e. The minimum absolute atomic E-state index is 0.362. The van der Waals surface area contributed by atoms with Crippen LogP contribution in [0.15, 0.2) is 0 Å². The molecule has 6 heteroatoms. The van der Waals surface area contributed by atoms with Crippen LogP contribution in [-0.2, 0) is 18.2 Å².